The number of aliphatic carboxylic acids is 1. The van der Waals surface area contributed by atoms with Gasteiger partial charge in [-0.2, -0.15) is 13.2 Å². The highest BCUT2D eigenvalue weighted by atomic mass is 19.4. The van der Waals surface area contributed by atoms with Crippen LogP contribution in [0.2, 0.25) is 0 Å². The van der Waals surface area contributed by atoms with Crippen molar-refractivity contribution in [3.05, 3.63) is 0 Å². The van der Waals surface area contributed by atoms with E-state index in [-0.39, 0.29) is 12.0 Å². The average molecular weight is 343 g/mol. The molecular formula is C12H20F3N3O5. The highest BCUT2D eigenvalue weighted by Crippen LogP contribution is 2.21. The molecule has 1 rings (SSSR count). The lowest BCUT2D eigenvalue weighted by atomic mass is 9.92. The Kier molecular flexibility index (Phi) is 6.82. The van der Waals surface area contributed by atoms with Crippen molar-refractivity contribution in [3.63, 3.8) is 0 Å². The number of nitrogens with zero attached hydrogens (tertiary/aromatic N) is 1. The second-order valence-corrected chi connectivity index (χ2v) is 5.88. The van der Waals surface area contributed by atoms with Crippen LogP contribution >= 0.6 is 0 Å². The Morgan fingerprint density at radius 3 is 1.87 bits per heavy atom. The molecule has 0 aromatic rings. The monoisotopic (exact) mass is 343 g/mol. The first-order valence-corrected chi connectivity index (χ1v) is 6.48. The smallest absolute Gasteiger partial charge is 0.475 e. The lowest BCUT2D eigenvalue weighted by molar-refractivity contribution is -0.192. The van der Waals surface area contributed by atoms with Crippen LogP contribution in [0.25, 0.3) is 0 Å². The summed E-state index contributed by atoms with van der Waals surface area (Å²) in [4.78, 5) is 32.7. The third-order valence-electron chi connectivity index (χ3n) is 2.64. The van der Waals surface area contributed by atoms with Crippen LogP contribution in [0.4, 0.5) is 18.0 Å². The SMILES string of the molecule is CC(C)(C)OC(=O)N1CC(C(N)C(N)=O)C1.O=C(O)C(F)(F)F. The fraction of sp³-hybridized carbons (Fsp3) is 0.750. The van der Waals surface area contributed by atoms with Gasteiger partial charge in [-0.1, -0.05) is 0 Å². The summed E-state index contributed by atoms with van der Waals surface area (Å²) in [6, 6.07) is -0.682. The molecule has 2 amide bonds. The number of hydrogen-bond acceptors (Lipinski definition) is 5. The number of nitrogens with two attached hydrogens (primary N) is 2. The van der Waals surface area contributed by atoms with E-state index in [4.69, 9.17) is 26.1 Å². The van der Waals surface area contributed by atoms with Gasteiger partial charge in [0.05, 0.1) is 6.04 Å². The number of likely N-dealkylation sites (tertiary alicyclic amines) is 1. The maximum atomic E-state index is 11.5. The second-order valence-electron chi connectivity index (χ2n) is 5.88. The number of rotatable bonds is 2. The summed E-state index contributed by atoms with van der Waals surface area (Å²) in [5.41, 5.74) is 10.1. The number of alkyl halides is 3. The summed E-state index contributed by atoms with van der Waals surface area (Å²) in [6.07, 6.45) is -5.46. The Morgan fingerprint density at radius 1 is 1.22 bits per heavy atom. The number of carbonyl (C=O) groups is 3. The molecule has 5 N–H and O–H groups in total. The average Bonchev–Trinajstić information content (AvgIpc) is 2.23. The number of carboxylic acids is 1. The van der Waals surface area contributed by atoms with E-state index in [1.165, 1.54) is 4.90 Å². The Labute approximate surface area is 130 Å². The summed E-state index contributed by atoms with van der Waals surface area (Å²) in [6.45, 7) is 6.27. The highest BCUT2D eigenvalue weighted by molar-refractivity contribution is 5.80. The second kappa shape index (κ2) is 7.49. The van der Waals surface area contributed by atoms with Crippen LogP contribution in [0, 0.1) is 5.92 Å². The van der Waals surface area contributed by atoms with Crippen molar-refractivity contribution in [3.8, 4) is 0 Å². The van der Waals surface area contributed by atoms with Gasteiger partial charge >= 0.3 is 18.2 Å². The molecule has 1 unspecified atom stereocenters. The Balaban J connectivity index is 0.000000585. The molecule has 1 aliphatic rings. The molecular weight excluding hydrogens is 323 g/mol. The van der Waals surface area contributed by atoms with Crippen LogP contribution in [-0.4, -0.2) is 58.9 Å². The molecule has 0 bridgehead atoms. The molecule has 0 spiro atoms. The standard InChI is InChI=1S/C10H19N3O3.C2HF3O2/c1-10(2,3)16-9(15)13-4-6(5-13)7(11)8(12)14;3-2(4,5)1(6)7/h6-7H,4-5,11H2,1-3H3,(H2,12,14);(H,6,7). The minimum absolute atomic E-state index is 0.0509. The number of amides is 2. The van der Waals surface area contributed by atoms with Gasteiger partial charge in [0.2, 0.25) is 5.91 Å². The molecule has 1 heterocycles. The van der Waals surface area contributed by atoms with Crippen molar-refractivity contribution in [1.29, 1.82) is 0 Å². The van der Waals surface area contributed by atoms with Crippen molar-refractivity contribution in [1.82, 2.24) is 4.90 Å². The molecule has 11 heteroatoms. The van der Waals surface area contributed by atoms with Crippen molar-refractivity contribution >= 4 is 18.0 Å². The van der Waals surface area contributed by atoms with Gasteiger partial charge in [0.15, 0.2) is 0 Å². The summed E-state index contributed by atoms with van der Waals surface area (Å²) in [5, 5.41) is 7.12. The molecule has 0 aliphatic carbocycles. The molecule has 0 radical (unpaired) electrons. The fourth-order valence-electron chi connectivity index (χ4n) is 1.45. The number of ether oxygens (including phenoxy) is 1. The zero-order valence-corrected chi connectivity index (χ0v) is 12.9. The van der Waals surface area contributed by atoms with Gasteiger partial charge in [-0.15, -0.1) is 0 Å². The van der Waals surface area contributed by atoms with Gasteiger partial charge in [0, 0.05) is 19.0 Å². The molecule has 23 heavy (non-hydrogen) atoms. The van der Waals surface area contributed by atoms with Crippen LogP contribution in [-0.2, 0) is 14.3 Å². The van der Waals surface area contributed by atoms with Crippen LogP contribution in [0.1, 0.15) is 20.8 Å². The summed E-state index contributed by atoms with van der Waals surface area (Å²) in [5.74, 6) is -3.34. The summed E-state index contributed by atoms with van der Waals surface area (Å²) in [7, 11) is 0. The molecule has 1 saturated heterocycles. The van der Waals surface area contributed by atoms with E-state index >= 15 is 0 Å². The van der Waals surface area contributed by atoms with Crippen LogP contribution in [0.15, 0.2) is 0 Å². The zero-order valence-electron chi connectivity index (χ0n) is 12.9. The molecule has 134 valence electrons. The number of hydrogen-bond donors (Lipinski definition) is 3. The first kappa shape index (κ1) is 21.0. The van der Waals surface area contributed by atoms with Gasteiger partial charge < -0.3 is 26.2 Å². The van der Waals surface area contributed by atoms with Crippen LogP contribution in [0.3, 0.4) is 0 Å². The number of halogens is 3. The third-order valence-corrected chi connectivity index (χ3v) is 2.64. The topological polar surface area (TPSA) is 136 Å². The molecule has 1 atom stereocenters. The fourth-order valence-corrected chi connectivity index (χ4v) is 1.45. The van der Waals surface area contributed by atoms with E-state index in [9.17, 15) is 22.8 Å². The van der Waals surface area contributed by atoms with E-state index in [1.54, 1.807) is 20.8 Å². The number of carbonyl (C=O) groups excluding carboxylic acids is 2. The Morgan fingerprint density at radius 2 is 1.61 bits per heavy atom. The van der Waals surface area contributed by atoms with Gasteiger partial charge in [-0.25, -0.2) is 9.59 Å². The Bertz CT molecular complexity index is 456. The summed E-state index contributed by atoms with van der Waals surface area (Å²) >= 11 is 0. The van der Waals surface area contributed by atoms with E-state index in [0.717, 1.165) is 0 Å². The van der Waals surface area contributed by atoms with Gasteiger partial charge in [-0.3, -0.25) is 4.79 Å². The first-order chi connectivity index (χ1) is 10.1. The quantitative estimate of drug-likeness (QED) is 0.660. The molecule has 1 fully saturated rings. The lowest BCUT2D eigenvalue weighted by Gasteiger charge is -2.41. The maximum absolute atomic E-state index is 11.5. The molecule has 0 aromatic heterocycles. The number of primary amides is 1. The van der Waals surface area contributed by atoms with Gasteiger partial charge in [0.25, 0.3) is 0 Å². The van der Waals surface area contributed by atoms with Gasteiger partial charge in [0.1, 0.15) is 5.60 Å². The minimum atomic E-state index is -5.08. The normalized spacial score (nSPS) is 16.6. The van der Waals surface area contributed by atoms with Crippen LogP contribution < -0.4 is 11.5 Å². The molecule has 0 saturated carbocycles. The summed E-state index contributed by atoms with van der Waals surface area (Å²) < 4.78 is 36.9. The zero-order chi connectivity index (χ0) is 18.6. The van der Waals surface area contributed by atoms with Crippen LogP contribution in [0.5, 0.6) is 0 Å². The van der Waals surface area contributed by atoms with Crippen molar-refractivity contribution in [2.75, 3.05) is 13.1 Å². The van der Waals surface area contributed by atoms with E-state index in [2.05, 4.69) is 0 Å². The lowest BCUT2D eigenvalue weighted by Crippen LogP contribution is -2.60. The predicted octanol–water partition coefficient (Wildman–Crippen LogP) is 0.299. The van der Waals surface area contributed by atoms with Crippen molar-refractivity contribution in [2.24, 2.45) is 17.4 Å². The Hall–Kier alpha value is -2.04. The van der Waals surface area contributed by atoms with E-state index in [1.807, 2.05) is 0 Å². The van der Waals surface area contributed by atoms with E-state index in [0.29, 0.717) is 13.1 Å². The highest BCUT2D eigenvalue weighted by Gasteiger charge is 2.39. The first-order valence-electron chi connectivity index (χ1n) is 6.48. The largest absolute Gasteiger partial charge is 0.490 e. The predicted molar refractivity (Wildman–Crippen MR) is 72.2 cm³/mol. The van der Waals surface area contributed by atoms with E-state index < -0.39 is 29.7 Å². The third kappa shape index (κ3) is 7.68. The maximum Gasteiger partial charge on any atom is 0.490 e. The molecule has 0 aromatic carbocycles. The van der Waals surface area contributed by atoms with Crippen molar-refractivity contribution in [2.45, 2.75) is 38.6 Å². The van der Waals surface area contributed by atoms with Crippen molar-refractivity contribution < 1.29 is 37.4 Å². The minimum Gasteiger partial charge on any atom is -0.475 e. The number of carboxylic acid groups (broad SMARTS) is 1. The van der Waals surface area contributed by atoms with Gasteiger partial charge in [-0.05, 0) is 20.8 Å². The molecule has 1 aliphatic heterocycles. The molecule has 8 nitrogen and oxygen atoms in total.